The Balaban J connectivity index is 2.76. The van der Waals surface area contributed by atoms with E-state index in [0.29, 0.717) is 13.0 Å². The molecule has 0 bridgehead atoms. The van der Waals surface area contributed by atoms with Crippen LogP contribution in [0.15, 0.2) is 0 Å². The van der Waals surface area contributed by atoms with Crippen LogP contribution in [0.5, 0.6) is 0 Å². The van der Waals surface area contributed by atoms with Crippen molar-refractivity contribution in [3.8, 4) is 0 Å². The second-order valence-corrected chi connectivity index (χ2v) is 4.31. The molecule has 92 valence electrons. The molecule has 0 radical (unpaired) electrons. The van der Waals surface area contributed by atoms with Gasteiger partial charge in [0.15, 0.2) is 0 Å². The summed E-state index contributed by atoms with van der Waals surface area (Å²) in [6.45, 7) is 4.25. The minimum Gasteiger partial charge on any atom is -0.383 e. The lowest BCUT2D eigenvalue weighted by molar-refractivity contribution is -0.141. The summed E-state index contributed by atoms with van der Waals surface area (Å²) in [4.78, 5) is 24.4. The monoisotopic (exact) mass is 228 g/mol. The second-order valence-electron chi connectivity index (χ2n) is 4.31. The number of aliphatic hydroxyl groups excluding tert-OH is 1. The molecule has 1 aliphatic rings. The zero-order valence-electron chi connectivity index (χ0n) is 9.85. The fourth-order valence-corrected chi connectivity index (χ4v) is 2.29. The van der Waals surface area contributed by atoms with Crippen LogP contribution in [0.25, 0.3) is 0 Å². The van der Waals surface area contributed by atoms with Gasteiger partial charge in [0.05, 0.1) is 0 Å². The number of nitrogens with two attached hydrogens (primary N) is 1. The number of primary amides is 1. The van der Waals surface area contributed by atoms with Crippen LogP contribution in [0.2, 0.25) is 0 Å². The normalized spacial score (nSPS) is 27.2. The van der Waals surface area contributed by atoms with Gasteiger partial charge in [0.2, 0.25) is 5.91 Å². The Labute approximate surface area is 95.6 Å². The van der Waals surface area contributed by atoms with Crippen molar-refractivity contribution < 1.29 is 14.7 Å². The number of aliphatic hydroxyl groups is 1. The lowest BCUT2D eigenvalue weighted by atomic mass is 10.0. The molecule has 0 aromatic rings. The van der Waals surface area contributed by atoms with Crippen molar-refractivity contribution in [2.45, 2.75) is 45.3 Å². The summed E-state index contributed by atoms with van der Waals surface area (Å²) < 4.78 is 0. The van der Waals surface area contributed by atoms with E-state index in [2.05, 4.69) is 0 Å². The second kappa shape index (κ2) is 5.30. The number of likely N-dealkylation sites (tertiary alicyclic amines) is 1. The lowest BCUT2D eigenvalue weighted by Gasteiger charge is -2.24. The first-order chi connectivity index (χ1) is 7.52. The summed E-state index contributed by atoms with van der Waals surface area (Å²) in [6, 6.07) is -0.580. The fourth-order valence-electron chi connectivity index (χ4n) is 2.29. The average molecular weight is 228 g/mol. The van der Waals surface area contributed by atoms with Crippen molar-refractivity contribution in [3.63, 3.8) is 0 Å². The molecule has 1 fully saturated rings. The van der Waals surface area contributed by atoms with Crippen LogP contribution in [0, 0.1) is 5.92 Å². The molecule has 1 rings (SSSR count). The number of amides is 2. The van der Waals surface area contributed by atoms with Gasteiger partial charge < -0.3 is 15.7 Å². The summed E-state index contributed by atoms with van der Waals surface area (Å²) in [5.41, 5.74) is 5.24. The summed E-state index contributed by atoms with van der Waals surface area (Å²) in [5.74, 6) is -0.921. The third-order valence-electron chi connectivity index (χ3n) is 3.16. The van der Waals surface area contributed by atoms with Crippen LogP contribution in [0.1, 0.15) is 33.1 Å². The summed E-state index contributed by atoms with van der Waals surface area (Å²) in [7, 11) is 0. The first-order valence-electron chi connectivity index (χ1n) is 5.80. The molecule has 0 spiro atoms. The van der Waals surface area contributed by atoms with Crippen molar-refractivity contribution in [1.82, 2.24) is 4.90 Å². The smallest absolute Gasteiger partial charge is 0.252 e. The SMILES string of the molecule is CCC[C@H]1CN([C@@H](CC)C(N)=O)C(=O)[C@@H]1O. The number of hydrogen-bond acceptors (Lipinski definition) is 3. The number of carbonyl (C=O) groups is 2. The molecule has 3 N–H and O–H groups in total. The van der Waals surface area contributed by atoms with Gasteiger partial charge >= 0.3 is 0 Å². The van der Waals surface area contributed by atoms with E-state index >= 15 is 0 Å². The fraction of sp³-hybridized carbons (Fsp3) is 0.818. The van der Waals surface area contributed by atoms with Crippen LogP contribution >= 0.6 is 0 Å². The Kier molecular flexibility index (Phi) is 4.29. The predicted molar refractivity (Wildman–Crippen MR) is 59.4 cm³/mol. The predicted octanol–water partition coefficient (Wildman–Crippen LogP) is -0.130. The molecule has 2 amide bonds. The highest BCUT2D eigenvalue weighted by atomic mass is 16.3. The summed E-state index contributed by atoms with van der Waals surface area (Å²) in [6.07, 6.45) is 1.23. The maximum atomic E-state index is 11.8. The quantitative estimate of drug-likeness (QED) is 0.687. The van der Waals surface area contributed by atoms with Crippen molar-refractivity contribution in [2.75, 3.05) is 6.54 Å². The van der Waals surface area contributed by atoms with Gasteiger partial charge in [-0.1, -0.05) is 20.3 Å². The molecule has 0 aromatic carbocycles. The molecule has 5 heteroatoms. The highest BCUT2D eigenvalue weighted by Gasteiger charge is 2.42. The summed E-state index contributed by atoms with van der Waals surface area (Å²) in [5, 5.41) is 9.74. The molecule has 0 aliphatic carbocycles. The zero-order chi connectivity index (χ0) is 12.3. The van der Waals surface area contributed by atoms with E-state index in [1.165, 1.54) is 4.90 Å². The average Bonchev–Trinajstić information content (AvgIpc) is 2.48. The van der Waals surface area contributed by atoms with Crippen molar-refractivity contribution >= 4 is 11.8 Å². The van der Waals surface area contributed by atoms with E-state index in [9.17, 15) is 14.7 Å². The Morgan fingerprint density at radius 2 is 2.25 bits per heavy atom. The molecule has 3 atom stereocenters. The van der Waals surface area contributed by atoms with E-state index in [0.717, 1.165) is 12.8 Å². The van der Waals surface area contributed by atoms with Gasteiger partial charge in [-0.3, -0.25) is 9.59 Å². The Morgan fingerprint density at radius 1 is 1.62 bits per heavy atom. The molecule has 1 heterocycles. The topological polar surface area (TPSA) is 83.6 Å². The first-order valence-corrected chi connectivity index (χ1v) is 5.80. The van der Waals surface area contributed by atoms with E-state index in [1.54, 1.807) is 0 Å². The van der Waals surface area contributed by atoms with Crippen LogP contribution in [0.3, 0.4) is 0 Å². The molecule has 0 unspecified atom stereocenters. The standard InChI is InChI=1S/C11H20N2O3/c1-3-5-7-6-13(11(16)9(7)14)8(4-2)10(12)15/h7-9,14H,3-6H2,1-2H3,(H2,12,15)/t7-,8-,9+/m0/s1. The van der Waals surface area contributed by atoms with Gasteiger partial charge in [0.25, 0.3) is 5.91 Å². The van der Waals surface area contributed by atoms with Crippen molar-refractivity contribution in [2.24, 2.45) is 11.7 Å². The maximum Gasteiger partial charge on any atom is 0.252 e. The molecule has 1 saturated heterocycles. The molecular weight excluding hydrogens is 208 g/mol. The summed E-state index contributed by atoms with van der Waals surface area (Å²) >= 11 is 0. The van der Waals surface area contributed by atoms with Gasteiger partial charge in [-0.2, -0.15) is 0 Å². The minimum atomic E-state index is -0.964. The highest BCUT2D eigenvalue weighted by molar-refractivity contribution is 5.90. The first kappa shape index (κ1) is 13.0. The third-order valence-corrected chi connectivity index (χ3v) is 3.16. The van der Waals surface area contributed by atoms with E-state index in [-0.39, 0.29) is 11.8 Å². The Hall–Kier alpha value is -1.10. The lowest BCUT2D eigenvalue weighted by Crippen LogP contribution is -2.46. The van der Waals surface area contributed by atoms with Crippen LogP contribution in [-0.4, -0.2) is 40.5 Å². The van der Waals surface area contributed by atoms with Crippen molar-refractivity contribution in [3.05, 3.63) is 0 Å². The Bertz CT molecular complexity index is 280. The molecule has 0 aromatic heterocycles. The number of carbonyl (C=O) groups excluding carboxylic acids is 2. The van der Waals surface area contributed by atoms with E-state index < -0.39 is 18.1 Å². The van der Waals surface area contributed by atoms with Crippen LogP contribution < -0.4 is 5.73 Å². The maximum absolute atomic E-state index is 11.8. The van der Waals surface area contributed by atoms with Gasteiger partial charge in [0, 0.05) is 12.5 Å². The van der Waals surface area contributed by atoms with Crippen LogP contribution in [-0.2, 0) is 9.59 Å². The zero-order valence-corrected chi connectivity index (χ0v) is 9.85. The van der Waals surface area contributed by atoms with Crippen LogP contribution in [0.4, 0.5) is 0 Å². The number of hydrogen-bond donors (Lipinski definition) is 2. The largest absolute Gasteiger partial charge is 0.383 e. The Morgan fingerprint density at radius 3 is 2.69 bits per heavy atom. The molecule has 0 saturated carbocycles. The van der Waals surface area contributed by atoms with Gasteiger partial charge in [-0.25, -0.2) is 0 Å². The van der Waals surface area contributed by atoms with Gasteiger partial charge in [0.1, 0.15) is 12.1 Å². The van der Waals surface area contributed by atoms with E-state index in [1.807, 2.05) is 13.8 Å². The number of nitrogens with zero attached hydrogens (tertiary/aromatic N) is 1. The third kappa shape index (κ3) is 2.35. The number of rotatable bonds is 5. The van der Waals surface area contributed by atoms with Gasteiger partial charge in [-0.15, -0.1) is 0 Å². The molecule has 1 aliphatic heterocycles. The molecular formula is C11H20N2O3. The molecule has 16 heavy (non-hydrogen) atoms. The van der Waals surface area contributed by atoms with E-state index in [4.69, 9.17) is 5.73 Å². The van der Waals surface area contributed by atoms with Gasteiger partial charge in [-0.05, 0) is 12.8 Å². The molecule has 5 nitrogen and oxygen atoms in total. The minimum absolute atomic E-state index is 0.0640. The highest BCUT2D eigenvalue weighted by Crippen LogP contribution is 2.25. The van der Waals surface area contributed by atoms with Crippen molar-refractivity contribution in [1.29, 1.82) is 0 Å².